The number of nitrogens with one attached hydrogen (secondary N) is 1. The Morgan fingerprint density at radius 3 is 2.63 bits per heavy atom. The van der Waals surface area contributed by atoms with Crippen LogP contribution in [0.25, 0.3) is 11.0 Å². The molecule has 0 aliphatic heterocycles. The van der Waals surface area contributed by atoms with Gasteiger partial charge in [-0.3, -0.25) is 14.9 Å². The monoisotopic (exact) mass is 369 g/mol. The number of hydrogen-bond donors (Lipinski definition) is 1. The number of ether oxygens (including phenoxy) is 2. The number of nitrogens with zero attached hydrogens (tertiary/aromatic N) is 2. The summed E-state index contributed by atoms with van der Waals surface area (Å²) in [6.07, 6.45) is 1.44. The molecule has 9 nitrogen and oxygen atoms in total. The van der Waals surface area contributed by atoms with Crippen molar-refractivity contribution in [2.45, 2.75) is 0 Å². The Labute approximate surface area is 153 Å². The van der Waals surface area contributed by atoms with Crippen LogP contribution in [0.1, 0.15) is 16.1 Å². The number of amides is 1. The molecule has 2 aromatic carbocycles. The second-order valence-corrected chi connectivity index (χ2v) is 5.40. The molecular formula is C18H15N3O6. The van der Waals surface area contributed by atoms with Crippen molar-refractivity contribution in [3.05, 3.63) is 63.9 Å². The first-order valence-electron chi connectivity index (χ1n) is 7.75. The topological polar surface area (TPSA) is 116 Å². The molecule has 1 heterocycles. The molecule has 1 N–H and O–H groups in total. The van der Waals surface area contributed by atoms with Gasteiger partial charge in [0, 0.05) is 17.5 Å². The molecule has 0 spiro atoms. The van der Waals surface area contributed by atoms with E-state index < -0.39 is 10.8 Å². The zero-order chi connectivity index (χ0) is 19.4. The smallest absolute Gasteiger partial charge is 0.307 e. The SMILES string of the molecule is COc1ccc(/C=N/NC(=O)c2cc3cc([N+](=O)[O-])ccc3o2)cc1OC. The number of nitro benzene ring substituents is 1. The molecular weight excluding hydrogens is 354 g/mol. The third-order valence-electron chi connectivity index (χ3n) is 3.72. The van der Waals surface area contributed by atoms with Crippen molar-refractivity contribution in [2.24, 2.45) is 5.10 Å². The molecule has 9 heteroatoms. The van der Waals surface area contributed by atoms with Crippen molar-refractivity contribution in [3.8, 4) is 11.5 Å². The van der Waals surface area contributed by atoms with Crippen molar-refractivity contribution in [1.82, 2.24) is 5.43 Å². The third kappa shape index (κ3) is 3.87. The first kappa shape index (κ1) is 17.9. The molecule has 27 heavy (non-hydrogen) atoms. The molecule has 0 unspecified atom stereocenters. The van der Waals surface area contributed by atoms with Gasteiger partial charge in [-0.1, -0.05) is 0 Å². The maximum Gasteiger partial charge on any atom is 0.307 e. The number of nitro groups is 1. The summed E-state index contributed by atoms with van der Waals surface area (Å²) in [5.41, 5.74) is 3.32. The summed E-state index contributed by atoms with van der Waals surface area (Å²) in [5.74, 6) is 0.530. The molecule has 138 valence electrons. The number of furan rings is 1. The largest absolute Gasteiger partial charge is 0.493 e. The zero-order valence-electron chi connectivity index (χ0n) is 14.5. The Kier molecular flexibility index (Phi) is 5.02. The minimum atomic E-state index is -0.578. The number of non-ortho nitro benzene ring substituents is 1. The van der Waals surface area contributed by atoms with Gasteiger partial charge in [0.15, 0.2) is 17.3 Å². The van der Waals surface area contributed by atoms with Gasteiger partial charge in [0.1, 0.15) is 5.58 Å². The van der Waals surface area contributed by atoms with E-state index in [-0.39, 0.29) is 11.4 Å². The third-order valence-corrected chi connectivity index (χ3v) is 3.72. The minimum absolute atomic E-state index is 0.00467. The first-order valence-corrected chi connectivity index (χ1v) is 7.75. The lowest BCUT2D eigenvalue weighted by atomic mass is 10.2. The molecule has 0 atom stereocenters. The Morgan fingerprint density at radius 1 is 1.15 bits per heavy atom. The number of hydrogen-bond acceptors (Lipinski definition) is 7. The number of fused-ring (bicyclic) bond motifs is 1. The van der Waals surface area contributed by atoms with Crippen molar-refractivity contribution >= 4 is 28.8 Å². The van der Waals surface area contributed by atoms with Gasteiger partial charge in [-0.2, -0.15) is 5.10 Å². The van der Waals surface area contributed by atoms with E-state index in [0.29, 0.717) is 28.0 Å². The highest BCUT2D eigenvalue weighted by atomic mass is 16.6. The standard InChI is InChI=1S/C18H15N3O6/c1-25-15-5-3-11(7-16(15)26-2)10-19-20-18(22)17-9-12-8-13(21(23)24)4-6-14(12)27-17/h3-10H,1-2H3,(H,20,22)/b19-10+. The average molecular weight is 369 g/mol. The summed E-state index contributed by atoms with van der Waals surface area (Å²) in [7, 11) is 3.06. The van der Waals surface area contributed by atoms with Crippen LogP contribution in [-0.4, -0.2) is 31.3 Å². The Balaban J connectivity index is 1.73. The minimum Gasteiger partial charge on any atom is -0.493 e. The van der Waals surface area contributed by atoms with Crippen LogP contribution in [0, 0.1) is 10.1 Å². The Bertz CT molecular complexity index is 1040. The number of carbonyl (C=O) groups is 1. The van der Waals surface area contributed by atoms with Crippen molar-refractivity contribution < 1.29 is 23.6 Å². The van der Waals surface area contributed by atoms with Crippen LogP contribution in [0.15, 0.2) is 52.0 Å². The van der Waals surface area contributed by atoms with Crippen molar-refractivity contribution in [2.75, 3.05) is 14.2 Å². The normalized spacial score (nSPS) is 10.9. The Hall–Kier alpha value is -3.88. The van der Waals surface area contributed by atoms with Gasteiger partial charge < -0.3 is 13.9 Å². The quantitative estimate of drug-likeness (QED) is 0.405. The molecule has 1 aromatic heterocycles. The van der Waals surface area contributed by atoms with Crippen molar-refractivity contribution in [1.29, 1.82) is 0 Å². The highest BCUT2D eigenvalue weighted by Gasteiger charge is 2.14. The van der Waals surface area contributed by atoms with Gasteiger partial charge in [-0.05, 0) is 35.9 Å². The predicted octanol–water partition coefficient (Wildman–Crippen LogP) is 3.12. The average Bonchev–Trinajstić information content (AvgIpc) is 3.11. The van der Waals surface area contributed by atoms with E-state index in [1.165, 1.54) is 44.7 Å². The summed E-state index contributed by atoms with van der Waals surface area (Å²) >= 11 is 0. The van der Waals surface area contributed by atoms with E-state index in [1.807, 2.05) is 0 Å². The van der Waals surface area contributed by atoms with Crippen LogP contribution in [0.2, 0.25) is 0 Å². The highest BCUT2D eigenvalue weighted by Crippen LogP contribution is 2.27. The molecule has 0 bridgehead atoms. The molecule has 0 radical (unpaired) electrons. The van der Waals surface area contributed by atoms with E-state index in [4.69, 9.17) is 13.9 Å². The maximum absolute atomic E-state index is 12.1. The number of hydrazone groups is 1. The lowest BCUT2D eigenvalue weighted by Crippen LogP contribution is -2.16. The predicted molar refractivity (Wildman–Crippen MR) is 97.5 cm³/mol. The molecule has 0 saturated heterocycles. The fourth-order valence-electron chi connectivity index (χ4n) is 2.41. The second kappa shape index (κ2) is 7.56. The lowest BCUT2D eigenvalue weighted by Gasteiger charge is -2.07. The maximum atomic E-state index is 12.1. The first-order chi connectivity index (χ1) is 13.0. The Morgan fingerprint density at radius 2 is 1.93 bits per heavy atom. The summed E-state index contributed by atoms with van der Waals surface area (Å²) in [6, 6.07) is 10.7. The van der Waals surface area contributed by atoms with Gasteiger partial charge in [-0.25, -0.2) is 5.43 Å². The number of carbonyl (C=O) groups excluding carboxylic acids is 1. The van der Waals surface area contributed by atoms with Crippen LogP contribution < -0.4 is 14.9 Å². The molecule has 3 rings (SSSR count). The molecule has 0 fully saturated rings. The van der Waals surface area contributed by atoms with Gasteiger partial charge in [-0.15, -0.1) is 0 Å². The zero-order valence-corrected chi connectivity index (χ0v) is 14.5. The summed E-state index contributed by atoms with van der Waals surface area (Å²) in [4.78, 5) is 22.4. The lowest BCUT2D eigenvalue weighted by molar-refractivity contribution is -0.384. The van der Waals surface area contributed by atoms with Crippen LogP contribution in [0.3, 0.4) is 0 Å². The molecule has 0 aliphatic carbocycles. The van der Waals surface area contributed by atoms with Crippen LogP contribution in [0.4, 0.5) is 5.69 Å². The molecule has 0 saturated carbocycles. The van der Waals surface area contributed by atoms with Gasteiger partial charge >= 0.3 is 5.91 Å². The summed E-state index contributed by atoms with van der Waals surface area (Å²) < 4.78 is 15.7. The number of methoxy groups -OCH3 is 2. The number of rotatable bonds is 6. The number of benzene rings is 2. The summed E-state index contributed by atoms with van der Waals surface area (Å²) in [5, 5.41) is 15.1. The van der Waals surface area contributed by atoms with Crippen LogP contribution in [-0.2, 0) is 0 Å². The van der Waals surface area contributed by atoms with Crippen LogP contribution in [0.5, 0.6) is 11.5 Å². The van der Waals surface area contributed by atoms with Crippen LogP contribution >= 0.6 is 0 Å². The summed E-state index contributed by atoms with van der Waals surface area (Å²) in [6.45, 7) is 0. The van der Waals surface area contributed by atoms with Crippen molar-refractivity contribution in [3.63, 3.8) is 0 Å². The van der Waals surface area contributed by atoms with Gasteiger partial charge in [0.2, 0.25) is 0 Å². The van der Waals surface area contributed by atoms with Gasteiger partial charge in [0.05, 0.1) is 25.4 Å². The van der Waals surface area contributed by atoms with E-state index in [9.17, 15) is 14.9 Å². The second-order valence-electron chi connectivity index (χ2n) is 5.40. The van der Waals surface area contributed by atoms with E-state index >= 15 is 0 Å². The highest BCUT2D eigenvalue weighted by molar-refractivity contribution is 5.97. The van der Waals surface area contributed by atoms with Gasteiger partial charge in [0.25, 0.3) is 5.69 Å². The molecule has 3 aromatic rings. The van der Waals surface area contributed by atoms with E-state index in [2.05, 4.69) is 10.5 Å². The fraction of sp³-hybridized carbons (Fsp3) is 0.111. The molecule has 1 amide bonds. The van der Waals surface area contributed by atoms with E-state index in [1.54, 1.807) is 18.2 Å². The molecule has 0 aliphatic rings. The van der Waals surface area contributed by atoms with E-state index in [0.717, 1.165) is 0 Å². The fourth-order valence-corrected chi connectivity index (χ4v) is 2.41.